The predicted octanol–water partition coefficient (Wildman–Crippen LogP) is 3.82. The molecule has 1 unspecified atom stereocenters. The molecular weight excluding hydrogens is 586 g/mol. The number of hydrogen-bond donors (Lipinski definition) is 2. The summed E-state index contributed by atoms with van der Waals surface area (Å²) in [5.41, 5.74) is 3.73. The molecule has 0 bridgehead atoms. The number of hydrogen-bond acceptors (Lipinski definition) is 9. The number of piperidine rings is 1. The van der Waals surface area contributed by atoms with Gasteiger partial charge in [-0.05, 0) is 68.9 Å². The van der Waals surface area contributed by atoms with E-state index in [1.165, 1.54) is 5.56 Å². The number of esters is 1. The highest BCUT2D eigenvalue weighted by Gasteiger charge is 2.46. The van der Waals surface area contributed by atoms with Gasteiger partial charge in [0.15, 0.2) is 11.5 Å². The highest BCUT2D eigenvalue weighted by atomic mass is 16.5. The molecule has 46 heavy (non-hydrogen) atoms. The van der Waals surface area contributed by atoms with Crippen molar-refractivity contribution in [2.24, 2.45) is 0 Å². The van der Waals surface area contributed by atoms with Gasteiger partial charge in [-0.15, -0.1) is 5.10 Å². The molecule has 12 nitrogen and oxygen atoms in total. The van der Waals surface area contributed by atoms with Crippen LogP contribution < -0.4 is 15.0 Å². The number of ether oxygens (including phenoxy) is 2. The number of β-amino-alcohol motifs (C(OH)–C–C–N with tert-alkyl or cyclic N) is 1. The van der Waals surface area contributed by atoms with Crippen molar-refractivity contribution in [2.45, 2.75) is 56.6 Å². The molecule has 1 aromatic carbocycles. The first kappa shape index (κ1) is 30.0. The van der Waals surface area contributed by atoms with Gasteiger partial charge >= 0.3 is 12.0 Å². The first-order valence-electron chi connectivity index (χ1n) is 16.0. The van der Waals surface area contributed by atoms with Crippen molar-refractivity contribution in [3.63, 3.8) is 0 Å². The van der Waals surface area contributed by atoms with Crippen molar-refractivity contribution in [2.75, 3.05) is 44.3 Å². The minimum Gasteiger partial charge on any atom is -0.491 e. The van der Waals surface area contributed by atoms with E-state index in [0.29, 0.717) is 31.2 Å². The summed E-state index contributed by atoms with van der Waals surface area (Å²) in [7, 11) is 0. The maximum atomic E-state index is 13.0. The molecule has 0 radical (unpaired) electrons. The van der Waals surface area contributed by atoms with Gasteiger partial charge in [-0.3, -0.25) is 0 Å². The second kappa shape index (κ2) is 11.9. The fourth-order valence-electron chi connectivity index (χ4n) is 6.63. The van der Waals surface area contributed by atoms with E-state index in [4.69, 9.17) is 9.47 Å². The summed E-state index contributed by atoms with van der Waals surface area (Å²) < 4.78 is 12.9. The van der Waals surface area contributed by atoms with Gasteiger partial charge < -0.3 is 29.7 Å². The fourth-order valence-corrected chi connectivity index (χ4v) is 6.63. The average molecular weight is 626 g/mol. The van der Waals surface area contributed by atoms with Crippen LogP contribution >= 0.6 is 0 Å². The number of aryl methyl sites for hydroxylation is 1. The van der Waals surface area contributed by atoms with Crippen molar-refractivity contribution in [1.82, 2.24) is 29.8 Å². The van der Waals surface area contributed by atoms with Gasteiger partial charge in [0, 0.05) is 25.0 Å². The monoisotopic (exact) mass is 625 g/mol. The van der Waals surface area contributed by atoms with E-state index in [1.54, 1.807) is 34.8 Å². The van der Waals surface area contributed by atoms with Crippen LogP contribution in [0, 0.1) is 6.92 Å². The van der Waals surface area contributed by atoms with Crippen LogP contribution in [0.4, 0.5) is 10.5 Å². The number of aliphatic hydroxyl groups excluding tert-OH is 1. The Morgan fingerprint density at radius 1 is 1.11 bits per heavy atom. The molecule has 12 heteroatoms. The number of aromatic nitrogens is 4. The van der Waals surface area contributed by atoms with E-state index < -0.39 is 12.1 Å². The highest BCUT2D eigenvalue weighted by molar-refractivity contribution is 5.87. The number of urea groups is 1. The number of nitrogens with zero attached hydrogens (tertiary/aromatic N) is 6. The Morgan fingerprint density at radius 3 is 2.59 bits per heavy atom. The SMILES string of the molecule is CCOC(=O)c1ccc(N2CCC3(CC2)CN(CC(O)c2nc4c(C)cc(OCC5(c6ccccc6)CC5)cn4n2)C(=O)N3)cn1. The van der Waals surface area contributed by atoms with Gasteiger partial charge in [0.25, 0.3) is 0 Å². The molecule has 1 spiro atoms. The number of carbonyl (C=O) groups excluding carboxylic acids is 2. The number of anilines is 1. The summed E-state index contributed by atoms with van der Waals surface area (Å²) >= 11 is 0. The minimum atomic E-state index is -1.04. The number of carbonyl (C=O) groups is 2. The first-order valence-corrected chi connectivity index (χ1v) is 16.0. The Bertz CT molecular complexity index is 1730. The second-order valence-electron chi connectivity index (χ2n) is 12.7. The molecule has 1 saturated carbocycles. The Balaban J connectivity index is 0.959. The second-order valence-corrected chi connectivity index (χ2v) is 12.7. The molecule has 3 aliphatic rings. The molecule has 1 aliphatic carbocycles. The Kier molecular flexibility index (Phi) is 7.75. The van der Waals surface area contributed by atoms with Gasteiger partial charge in [-0.1, -0.05) is 30.3 Å². The van der Waals surface area contributed by atoms with Crippen LogP contribution in [0.25, 0.3) is 5.65 Å². The molecule has 5 heterocycles. The number of nitrogens with one attached hydrogen (secondary N) is 1. The summed E-state index contributed by atoms with van der Waals surface area (Å²) in [6.07, 6.45) is 6.14. The number of amides is 2. The molecule has 2 aliphatic heterocycles. The zero-order valence-electron chi connectivity index (χ0n) is 26.2. The third-order valence-corrected chi connectivity index (χ3v) is 9.53. The van der Waals surface area contributed by atoms with E-state index in [1.807, 2.05) is 25.1 Å². The zero-order valence-corrected chi connectivity index (χ0v) is 26.2. The van der Waals surface area contributed by atoms with Gasteiger partial charge in [-0.25, -0.2) is 24.1 Å². The van der Waals surface area contributed by atoms with E-state index >= 15 is 0 Å². The zero-order chi connectivity index (χ0) is 31.9. The van der Waals surface area contributed by atoms with Crippen LogP contribution in [-0.2, 0) is 10.2 Å². The minimum absolute atomic E-state index is 0.0618. The third-order valence-electron chi connectivity index (χ3n) is 9.53. The molecule has 4 aromatic rings. The van der Waals surface area contributed by atoms with Crippen LogP contribution in [0.1, 0.15) is 66.2 Å². The van der Waals surface area contributed by atoms with Crippen LogP contribution in [-0.4, -0.2) is 86.5 Å². The van der Waals surface area contributed by atoms with Crippen LogP contribution in [0.2, 0.25) is 0 Å². The van der Waals surface area contributed by atoms with Crippen molar-refractivity contribution in [1.29, 1.82) is 0 Å². The molecule has 2 saturated heterocycles. The molecule has 3 fully saturated rings. The topological polar surface area (TPSA) is 134 Å². The number of rotatable bonds is 10. The summed E-state index contributed by atoms with van der Waals surface area (Å²) in [6.45, 7) is 6.64. The molecular formula is C34H39N7O5. The Labute approximate surface area is 267 Å². The lowest BCUT2D eigenvalue weighted by atomic mass is 9.88. The molecule has 3 aromatic heterocycles. The van der Waals surface area contributed by atoms with E-state index in [0.717, 1.165) is 50.0 Å². The lowest BCUT2D eigenvalue weighted by Gasteiger charge is -2.39. The maximum absolute atomic E-state index is 13.0. The number of benzene rings is 1. The normalized spacial score (nSPS) is 18.9. The summed E-state index contributed by atoms with van der Waals surface area (Å²) in [4.78, 5) is 37.7. The standard InChI is InChI=1S/C34H39N7O5/c1-3-45-31(43)27-10-9-25(18-35-27)39-15-13-34(14-16-39)21-40(32(44)37-34)20-28(42)29-36-30-23(2)17-26(19-41(30)38-29)46-22-33(11-12-33)24-7-5-4-6-8-24/h4-10,17-19,28,42H,3,11-16,20-22H2,1-2H3,(H,37,44). The maximum Gasteiger partial charge on any atom is 0.356 e. The molecule has 7 rings (SSSR count). The van der Waals surface area contributed by atoms with Crippen molar-refractivity contribution in [3.05, 3.63) is 83.6 Å². The fraction of sp³-hybridized carbons (Fsp3) is 0.441. The van der Waals surface area contributed by atoms with Gasteiger partial charge in [-0.2, -0.15) is 0 Å². The van der Waals surface area contributed by atoms with Gasteiger partial charge in [0.05, 0.1) is 43.4 Å². The quantitative estimate of drug-likeness (QED) is 0.252. The van der Waals surface area contributed by atoms with Gasteiger partial charge in [0.1, 0.15) is 17.5 Å². The first-order chi connectivity index (χ1) is 22.3. The molecule has 1 atom stereocenters. The smallest absolute Gasteiger partial charge is 0.356 e. The Hall–Kier alpha value is -4.71. The van der Waals surface area contributed by atoms with Gasteiger partial charge in [0.2, 0.25) is 0 Å². The summed E-state index contributed by atoms with van der Waals surface area (Å²) in [5.74, 6) is 0.540. The molecule has 240 valence electrons. The largest absolute Gasteiger partial charge is 0.491 e. The van der Waals surface area contributed by atoms with E-state index in [2.05, 4.69) is 49.5 Å². The van der Waals surface area contributed by atoms with Crippen LogP contribution in [0.5, 0.6) is 5.75 Å². The van der Waals surface area contributed by atoms with E-state index in [9.17, 15) is 14.7 Å². The van der Waals surface area contributed by atoms with Crippen molar-refractivity contribution in [3.8, 4) is 5.75 Å². The summed E-state index contributed by atoms with van der Waals surface area (Å²) in [6, 6.07) is 15.8. The van der Waals surface area contributed by atoms with Crippen molar-refractivity contribution >= 4 is 23.3 Å². The van der Waals surface area contributed by atoms with Crippen molar-refractivity contribution < 1.29 is 24.2 Å². The lowest BCUT2D eigenvalue weighted by molar-refractivity contribution is 0.0519. The van der Waals surface area contributed by atoms with Crippen LogP contribution in [0.15, 0.2) is 60.9 Å². The number of pyridine rings is 2. The number of aliphatic hydroxyl groups is 1. The molecule has 2 N–H and O–H groups in total. The highest BCUT2D eigenvalue weighted by Crippen LogP contribution is 2.48. The average Bonchev–Trinajstić information content (AvgIpc) is 3.64. The number of fused-ring (bicyclic) bond motifs is 1. The lowest BCUT2D eigenvalue weighted by Crippen LogP contribution is -2.52. The van der Waals surface area contributed by atoms with E-state index in [-0.39, 0.29) is 35.0 Å². The summed E-state index contributed by atoms with van der Waals surface area (Å²) in [5, 5.41) is 18.9. The van der Waals surface area contributed by atoms with Crippen LogP contribution in [0.3, 0.4) is 0 Å². The Morgan fingerprint density at radius 2 is 1.89 bits per heavy atom. The molecule has 2 amide bonds. The predicted molar refractivity (Wildman–Crippen MR) is 170 cm³/mol. The third kappa shape index (κ3) is 5.84.